The van der Waals surface area contributed by atoms with E-state index >= 15 is 0 Å². The van der Waals surface area contributed by atoms with Crippen LogP contribution in [0, 0.1) is 11.3 Å². The Labute approximate surface area is 88.4 Å². The lowest BCUT2D eigenvalue weighted by atomic mass is 10.2. The molecule has 6 nitrogen and oxygen atoms in total. The SMILES string of the molecule is N#Cc1c(C(F)F)[nH]cc(S(N)(=O)=O)c1=O. The van der Waals surface area contributed by atoms with Crippen molar-refractivity contribution in [1.82, 2.24) is 4.98 Å². The number of pyridine rings is 1. The van der Waals surface area contributed by atoms with Crippen molar-refractivity contribution in [1.29, 1.82) is 5.26 Å². The van der Waals surface area contributed by atoms with Crippen molar-refractivity contribution in [3.8, 4) is 6.07 Å². The molecule has 1 aromatic heterocycles. The number of alkyl halides is 2. The highest BCUT2D eigenvalue weighted by Gasteiger charge is 2.22. The van der Waals surface area contributed by atoms with Crippen LogP contribution in [0.25, 0.3) is 0 Å². The average Bonchev–Trinajstić information content (AvgIpc) is 2.14. The standard InChI is InChI=1S/C7H5F2N3O3S/c8-7(9)5-3(1-10)6(13)4(2-12-5)16(11,14)15/h2,7H,(H,12,13)(H2,11,14,15). The minimum Gasteiger partial charge on any atom is -0.358 e. The van der Waals surface area contributed by atoms with Crippen LogP contribution in [-0.4, -0.2) is 13.4 Å². The molecule has 1 rings (SSSR count). The topological polar surface area (TPSA) is 117 Å². The predicted octanol–water partition coefficient (Wildman–Crippen LogP) is -0.168. The number of H-pyrrole nitrogens is 1. The van der Waals surface area contributed by atoms with Crippen LogP contribution in [-0.2, 0) is 10.0 Å². The average molecular weight is 249 g/mol. The van der Waals surface area contributed by atoms with Gasteiger partial charge in [0.25, 0.3) is 6.43 Å². The minimum absolute atomic E-state index is 0.542. The summed E-state index contributed by atoms with van der Waals surface area (Å²) in [5, 5.41) is 13.2. The van der Waals surface area contributed by atoms with E-state index in [1.807, 2.05) is 4.98 Å². The second-order valence-electron chi connectivity index (χ2n) is 2.73. The number of hydrogen-bond donors (Lipinski definition) is 2. The van der Waals surface area contributed by atoms with Gasteiger partial charge in [0.1, 0.15) is 22.2 Å². The normalized spacial score (nSPS) is 11.4. The number of nitriles is 1. The second kappa shape index (κ2) is 3.99. The maximum absolute atomic E-state index is 12.3. The van der Waals surface area contributed by atoms with E-state index in [1.54, 1.807) is 0 Å². The van der Waals surface area contributed by atoms with Gasteiger partial charge in [-0.05, 0) is 0 Å². The number of aromatic amines is 1. The summed E-state index contributed by atoms with van der Waals surface area (Å²) < 4.78 is 46.4. The number of halogens is 2. The van der Waals surface area contributed by atoms with Gasteiger partial charge >= 0.3 is 0 Å². The molecule has 3 N–H and O–H groups in total. The van der Waals surface area contributed by atoms with E-state index in [0.29, 0.717) is 6.20 Å². The molecule has 0 spiro atoms. The van der Waals surface area contributed by atoms with Gasteiger partial charge in [0.2, 0.25) is 15.5 Å². The van der Waals surface area contributed by atoms with E-state index in [9.17, 15) is 22.0 Å². The molecule has 0 atom stereocenters. The maximum Gasteiger partial charge on any atom is 0.279 e. The molecule has 16 heavy (non-hydrogen) atoms. The van der Waals surface area contributed by atoms with E-state index in [0.717, 1.165) is 0 Å². The molecule has 0 saturated heterocycles. The van der Waals surface area contributed by atoms with Crippen LogP contribution in [0.3, 0.4) is 0 Å². The largest absolute Gasteiger partial charge is 0.358 e. The first-order chi connectivity index (χ1) is 7.29. The minimum atomic E-state index is -4.35. The summed E-state index contributed by atoms with van der Waals surface area (Å²) in [6.45, 7) is 0. The van der Waals surface area contributed by atoms with Crippen molar-refractivity contribution in [3.63, 3.8) is 0 Å². The molecule has 0 amide bonds. The van der Waals surface area contributed by atoms with E-state index < -0.39 is 38.0 Å². The van der Waals surface area contributed by atoms with Crippen LogP contribution in [0.2, 0.25) is 0 Å². The third kappa shape index (κ3) is 2.07. The summed E-state index contributed by atoms with van der Waals surface area (Å²) >= 11 is 0. The maximum atomic E-state index is 12.3. The van der Waals surface area contributed by atoms with Crippen LogP contribution >= 0.6 is 0 Å². The van der Waals surface area contributed by atoms with Gasteiger partial charge in [0, 0.05) is 6.20 Å². The van der Waals surface area contributed by atoms with Gasteiger partial charge in [-0.15, -0.1) is 0 Å². The van der Waals surface area contributed by atoms with Crippen molar-refractivity contribution in [3.05, 3.63) is 27.7 Å². The highest BCUT2D eigenvalue weighted by Crippen LogP contribution is 2.18. The number of hydrogen-bond acceptors (Lipinski definition) is 4. The van der Waals surface area contributed by atoms with Gasteiger partial charge in [-0.3, -0.25) is 4.79 Å². The molecule has 0 aliphatic rings. The fourth-order valence-corrected chi connectivity index (χ4v) is 1.60. The van der Waals surface area contributed by atoms with Gasteiger partial charge in [0.15, 0.2) is 0 Å². The third-order valence-electron chi connectivity index (χ3n) is 1.72. The quantitative estimate of drug-likeness (QED) is 0.756. The third-order valence-corrected chi connectivity index (χ3v) is 2.63. The monoisotopic (exact) mass is 249 g/mol. The molecular formula is C7H5F2N3O3S. The highest BCUT2D eigenvalue weighted by atomic mass is 32.2. The van der Waals surface area contributed by atoms with E-state index in [1.165, 1.54) is 6.07 Å². The Morgan fingerprint density at radius 2 is 2.06 bits per heavy atom. The van der Waals surface area contributed by atoms with E-state index in [4.69, 9.17) is 5.26 Å². The van der Waals surface area contributed by atoms with Gasteiger partial charge in [-0.2, -0.15) is 5.26 Å². The lowest BCUT2D eigenvalue weighted by Gasteiger charge is -2.03. The molecule has 1 aromatic rings. The smallest absolute Gasteiger partial charge is 0.279 e. The number of rotatable bonds is 2. The first-order valence-corrected chi connectivity index (χ1v) is 5.30. The molecule has 0 radical (unpaired) electrons. The predicted molar refractivity (Wildman–Crippen MR) is 48.1 cm³/mol. The highest BCUT2D eigenvalue weighted by molar-refractivity contribution is 7.89. The molecule has 0 unspecified atom stereocenters. The van der Waals surface area contributed by atoms with Gasteiger partial charge in [-0.25, -0.2) is 22.3 Å². The van der Waals surface area contributed by atoms with Crippen molar-refractivity contribution < 1.29 is 17.2 Å². The zero-order valence-electron chi connectivity index (χ0n) is 7.57. The zero-order chi connectivity index (χ0) is 12.5. The molecule has 0 bridgehead atoms. The molecule has 1 heterocycles. The van der Waals surface area contributed by atoms with Crippen molar-refractivity contribution in [2.24, 2.45) is 5.14 Å². The molecular weight excluding hydrogens is 244 g/mol. The number of primary sulfonamides is 1. The number of nitrogens with two attached hydrogens (primary N) is 1. The number of nitrogens with zero attached hydrogens (tertiary/aromatic N) is 1. The Balaban J connectivity index is 3.69. The Kier molecular flexibility index (Phi) is 3.06. The van der Waals surface area contributed by atoms with Crippen LogP contribution in [0.5, 0.6) is 0 Å². The fourth-order valence-electron chi connectivity index (χ4n) is 1.02. The summed E-state index contributed by atoms with van der Waals surface area (Å²) in [4.78, 5) is 12.3. The Morgan fingerprint density at radius 3 is 2.44 bits per heavy atom. The van der Waals surface area contributed by atoms with Crippen molar-refractivity contribution >= 4 is 10.0 Å². The fraction of sp³-hybridized carbons (Fsp3) is 0.143. The molecule has 9 heteroatoms. The van der Waals surface area contributed by atoms with Gasteiger partial charge in [0.05, 0.1) is 0 Å². The van der Waals surface area contributed by atoms with Gasteiger partial charge < -0.3 is 4.98 Å². The van der Waals surface area contributed by atoms with E-state index in [-0.39, 0.29) is 0 Å². The summed E-state index contributed by atoms with van der Waals surface area (Å²) in [6, 6.07) is 1.21. The lowest BCUT2D eigenvalue weighted by Crippen LogP contribution is -2.25. The Hall–Kier alpha value is -1.79. The Bertz CT molecular complexity index is 615. The van der Waals surface area contributed by atoms with Crippen molar-refractivity contribution in [2.45, 2.75) is 11.3 Å². The van der Waals surface area contributed by atoms with Crippen LogP contribution in [0.4, 0.5) is 8.78 Å². The molecule has 0 aliphatic heterocycles. The second-order valence-corrected chi connectivity index (χ2v) is 4.26. The molecule has 86 valence electrons. The molecule has 0 saturated carbocycles. The summed E-state index contributed by atoms with van der Waals surface area (Å²) in [6.07, 6.45) is -2.54. The number of aromatic nitrogens is 1. The summed E-state index contributed by atoms with van der Waals surface area (Å²) in [7, 11) is -4.35. The summed E-state index contributed by atoms with van der Waals surface area (Å²) in [5.74, 6) is 0. The number of nitrogens with one attached hydrogen (secondary N) is 1. The van der Waals surface area contributed by atoms with Crippen molar-refractivity contribution in [2.75, 3.05) is 0 Å². The first-order valence-electron chi connectivity index (χ1n) is 3.75. The van der Waals surface area contributed by atoms with E-state index in [2.05, 4.69) is 5.14 Å². The summed E-state index contributed by atoms with van der Waals surface area (Å²) in [5.41, 5.74) is -3.22. The van der Waals surface area contributed by atoms with Crippen LogP contribution < -0.4 is 10.6 Å². The van der Waals surface area contributed by atoms with Crippen LogP contribution in [0.1, 0.15) is 17.7 Å². The number of sulfonamides is 1. The lowest BCUT2D eigenvalue weighted by molar-refractivity contribution is 0.145. The first kappa shape index (κ1) is 12.3. The van der Waals surface area contributed by atoms with Crippen LogP contribution in [0.15, 0.2) is 15.9 Å². The molecule has 0 aliphatic carbocycles. The molecule has 0 aromatic carbocycles. The van der Waals surface area contributed by atoms with Gasteiger partial charge in [-0.1, -0.05) is 0 Å². The Morgan fingerprint density at radius 1 is 1.50 bits per heavy atom. The zero-order valence-corrected chi connectivity index (χ0v) is 8.38. The molecule has 0 fully saturated rings.